The maximum Gasteiger partial charge on any atom is 0.232 e. The number of rotatable bonds is 5. The molecular weight excluding hydrogens is 311 g/mol. The molecule has 1 aliphatic carbocycles. The van der Waals surface area contributed by atoms with Crippen molar-refractivity contribution in [3.63, 3.8) is 0 Å². The second-order valence-corrected chi connectivity index (χ2v) is 5.94. The third-order valence-electron chi connectivity index (χ3n) is 4.32. The highest BCUT2D eigenvalue weighted by atomic mass is 19.1. The van der Waals surface area contributed by atoms with Crippen molar-refractivity contribution in [3.8, 4) is 11.5 Å². The summed E-state index contributed by atoms with van der Waals surface area (Å²) in [5.41, 5.74) is 0.830. The highest BCUT2D eigenvalue weighted by Gasteiger charge is 2.53. The topological polar surface area (TPSA) is 68.3 Å². The number of hydrogen-bond acceptors (Lipinski definition) is 4. The Bertz CT molecular complexity index is 849. The van der Waals surface area contributed by atoms with Gasteiger partial charge in [-0.3, -0.25) is 4.79 Å². The third-order valence-corrected chi connectivity index (χ3v) is 4.32. The third kappa shape index (κ3) is 2.60. The lowest BCUT2D eigenvalue weighted by molar-refractivity contribution is -0.123. The molecule has 2 aromatic heterocycles. The highest BCUT2D eigenvalue weighted by Crippen LogP contribution is 2.48. The van der Waals surface area contributed by atoms with Crippen LogP contribution in [0.25, 0.3) is 11.5 Å². The van der Waals surface area contributed by atoms with Gasteiger partial charge in [-0.15, -0.1) is 0 Å². The fraction of sp³-hybridized carbons (Fsp3) is 0.222. The first-order chi connectivity index (χ1) is 11.7. The van der Waals surface area contributed by atoms with Crippen LogP contribution in [0, 0.1) is 5.82 Å². The van der Waals surface area contributed by atoms with E-state index >= 15 is 0 Å². The van der Waals surface area contributed by atoms with Gasteiger partial charge in [0.1, 0.15) is 5.82 Å². The van der Waals surface area contributed by atoms with Gasteiger partial charge in [-0.05, 0) is 42.7 Å². The van der Waals surface area contributed by atoms with E-state index in [1.807, 2.05) is 0 Å². The molecule has 0 atom stereocenters. The standard InChI is InChI=1S/C18H15FN2O3/c19-13-5-3-12(4-6-13)11-20-17(22)18(7-8-18)16-10-15(24-21-16)14-2-1-9-23-14/h1-6,9-10H,7-8,11H2,(H,20,22). The van der Waals surface area contributed by atoms with Crippen LogP contribution in [-0.4, -0.2) is 11.1 Å². The Labute approximate surface area is 137 Å². The molecule has 2 heterocycles. The molecule has 0 bridgehead atoms. The van der Waals surface area contributed by atoms with Gasteiger partial charge in [-0.1, -0.05) is 17.3 Å². The second-order valence-electron chi connectivity index (χ2n) is 5.94. The molecule has 1 aromatic carbocycles. The Morgan fingerprint density at radius 2 is 2.00 bits per heavy atom. The van der Waals surface area contributed by atoms with Crippen LogP contribution in [-0.2, 0) is 16.8 Å². The van der Waals surface area contributed by atoms with Crippen LogP contribution in [0.3, 0.4) is 0 Å². The van der Waals surface area contributed by atoms with Crippen molar-refractivity contribution < 1.29 is 18.1 Å². The zero-order valence-electron chi connectivity index (χ0n) is 12.8. The predicted molar refractivity (Wildman–Crippen MR) is 83.4 cm³/mol. The van der Waals surface area contributed by atoms with E-state index in [4.69, 9.17) is 8.94 Å². The molecule has 0 unspecified atom stereocenters. The quantitative estimate of drug-likeness (QED) is 0.780. The van der Waals surface area contributed by atoms with E-state index in [2.05, 4.69) is 10.5 Å². The predicted octanol–water partition coefficient (Wildman–Crippen LogP) is 3.42. The maximum absolute atomic E-state index is 12.9. The minimum absolute atomic E-state index is 0.0916. The summed E-state index contributed by atoms with van der Waals surface area (Å²) in [6.07, 6.45) is 3.01. The van der Waals surface area contributed by atoms with E-state index in [1.54, 1.807) is 36.6 Å². The summed E-state index contributed by atoms with van der Waals surface area (Å²) in [6, 6.07) is 11.4. The van der Waals surface area contributed by atoms with E-state index in [-0.39, 0.29) is 11.7 Å². The number of carbonyl (C=O) groups is 1. The zero-order valence-corrected chi connectivity index (χ0v) is 12.8. The molecule has 6 heteroatoms. The lowest BCUT2D eigenvalue weighted by atomic mass is 10.0. The summed E-state index contributed by atoms with van der Waals surface area (Å²) in [7, 11) is 0. The van der Waals surface area contributed by atoms with Crippen LogP contribution in [0.4, 0.5) is 4.39 Å². The minimum atomic E-state index is -0.631. The number of hydrogen-bond donors (Lipinski definition) is 1. The van der Waals surface area contributed by atoms with Gasteiger partial charge in [0.25, 0.3) is 0 Å². The lowest BCUT2D eigenvalue weighted by Gasteiger charge is -2.12. The van der Waals surface area contributed by atoms with Crippen molar-refractivity contribution in [1.82, 2.24) is 10.5 Å². The zero-order chi connectivity index (χ0) is 16.6. The van der Waals surface area contributed by atoms with Gasteiger partial charge in [-0.2, -0.15) is 0 Å². The van der Waals surface area contributed by atoms with Crippen molar-refractivity contribution in [2.24, 2.45) is 0 Å². The average molecular weight is 326 g/mol. The Morgan fingerprint density at radius 3 is 2.67 bits per heavy atom. The van der Waals surface area contributed by atoms with Crippen LogP contribution in [0.2, 0.25) is 0 Å². The molecule has 1 saturated carbocycles. The number of benzene rings is 1. The Hall–Kier alpha value is -2.89. The fourth-order valence-corrected chi connectivity index (χ4v) is 2.71. The van der Waals surface area contributed by atoms with Crippen molar-refractivity contribution in [2.45, 2.75) is 24.8 Å². The van der Waals surface area contributed by atoms with E-state index in [1.165, 1.54) is 12.1 Å². The summed E-state index contributed by atoms with van der Waals surface area (Å²) >= 11 is 0. The number of carbonyl (C=O) groups excluding carboxylic acids is 1. The molecule has 0 spiro atoms. The van der Waals surface area contributed by atoms with Gasteiger partial charge in [0.05, 0.1) is 17.4 Å². The molecule has 4 rings (SSSR count). The van der Waals surface area contributed by atoms with Crippen LogP contribution in [0.1, 0.15) is 24.1 Å². The number of furan rings is 1. The molecule has 1 aliphatic rings. The molecule has 0 aliphatic heterocycles. The maximum atomic E-state index is 12.9. The Balaban J connectivity index is 1.47. The Morgan fingerprint density at radius 1 is 1.21 bits per heavy atom. The summed E-state index contributed by atoms with van der Waals surface area (Å²) in [6.45, 7) is 0.351. The first-order valence-corrected chi connectivity index (χ1v) is 7.71. The molecule has 1 amide bonds. The first kappa shape index (κ1) is 14.7. The summed E-state index contributed by atoms with van der Waals surface area (Å²) < 4.78 is 23.5. The molecule has 1 N–H and O–H groups in total. The van der Waals surface area contributed by atoms with Crippen molar-refractivity contribution in [3.05, 3.63) is 65.8 Å². The van der Waals surface area contributed by atoms with Crippen LogP contribution < -0.4 is 5.32 Å². The Kier molecular flexibility index (Phi) is 3.45. The van der Waals surface area contributed by atoms with Gasteiger partial charge in [-0.25, -0.2) is 4.39 Å². The van der Waals surface area contributed by atoms with Crippen molar-refractivity contribution in [1.29, 1.82) is 0 Å². The van der Waals surface area contributed by atoms with Gasteiger partial charge in [0.15, 0.2) is 5.76 Å². The molecule has 0 radical (unpaired) electrons. The van der Waals surface area contributed by atoms with Crippen molar-refractivity contribution >= 4 is 5.91 Å². The molecule has 122 valence electrons. The number of nitrogens with one attached hydrogen (secondary N) is 1. The summed E-state index contributed by atoms with van der Waals surface area (Å²) in [5, 5.41) is 6.95. The summed E-state index contributed by atoms with van der Waals surface area (Å²) in [5.74, 6) is 0.701. The van der Waals surface area contributed by atoms with E-state index < -0.39 is 5.41 Å². The molecule has 5 nitrogen and oxygen atoms in total. The fourth-order valence-electron chi connectivity index (χ4n) is 2.71. The van der Waals surface area contributed by atoms with Gasteiger partial charge in [0, 0.05) is 12.6 Å². The number of aromatic nitrogens is 1. The molecular formula is C18H15FN2O3. The van der Waals surface area contributed by atoms with E-state index in [0.717, 1.165) is 18.4 Å². The smallest absolute Gasteiger partial charge is 0.232 e. The van der Waals surface area contributed by atoms with E-state index in [0.29, 0.717) is 23.8 Å². The molecule has 3 aromatic rings. The molecule has 1 fully saturated rings. The largest absolute Gasteiger partial charge is 0.461 e. The number of amides is 1. The van der Waals surface area contributed by atoms with Gasteiger partial charge >= 0.3 is 0 Å². The van der Waals surface area contributed by atoms with Crippen LogP contribution >= 0.6 is 0 Å². The monoisotopic (exact) mass is 326 g/mol. The average Bonchev–Trinajstić information content (AvgIpc) is 3.02. The van der Waals surface area contributed by atoms with Crippen LogP contribution in [0.5, 0.6) is 0 Å². The highest BCUT2D eigenvalue weighted by molar-refractivity contribution is 5.90. The molecule has 24 heavy (non-hydrogen) atoms. The normalized spacial score (nSPS) is 15.2. The SMILES string of the molecule is O=C(NCc1ccc(F)cc1)C1(c2cc(-c3ccco3)on2)CC1. The van der Waals surface area contributed by atoms with Gasteiger partial charge < -0.3 is 14.3 Å². The molecule has 0 saturated heterocycles. The minimum Gasteiger partial charge on any atom is -0.461 e. The van der Waals surface area contributed by atoms with Crippen LogP contribution in [0.15, 0.2) is 57.7 Å². The lowest BCUT2D eigenvalue weighted by Crippen LogP contribution is -2.34. The first-order valence-electron chi connectivity index (χ1n) is 7.71. The number of nitrogens with zero attached hydrogens (tertiary/aromatic N) is 1. The van der Waals surface area contributed by atoms with Gasteiger partial charge in [0.2, 0.25) is 11.7 Å². The second kappa shape index (κ2) is 5.63. The number of halogens is 1. The van der Waals surface area contributed by atoms with E-state index in [9.17, 15) is 9.18 Å². The van der Waals surface area contributed by atoms with Crippen molar-refractivity contribution in [2.75, 3.05) is 0 Å². The summed E-state index contributed by atoms with van der Waals surface area (Å²) in [4.78, 5) is 12.6.